The monoisotopic (exact) mass is 317 g/mol. The SMILES string of the molecule is c1ccc2cc([C@@H]3C[C@H]3c3nc(Cc4ccon4)no3)ccc2c1. The fraction of sp³-hybridized carbons (Fsp3) is 0.211. The molecule has 0 amide bonds. The van der Waals surface area contributed by atoms with Gasteiger partial charge in [0, 0.05) is 12.0 Å². The van der Waals surface area contributed by atoms with Crippen LogP contribution in [0.5, 0.6) is 0 Å². The van der Waals surface area contributed by atoms with Gasteiger partial charge in [-0.05, 0) is 28.7 Å². The van der Waals surface area contributed by atoms with E-state index < -0.39 is 0 Å². The van der Waals surface area contributed by atoms with Crippen LogP contribution < -0.4 is 0 Å². The standard InChI is InChI=1S/C19H15N3O2/c1-2-4-13-9-14(6-5-12(13)3-1)16-11-17(16)19-20-18(22-24-19)10-15-7-8-23-21-15/h1-9,16-17H,10-11H2/t16-,17+/m0/s1. The van der Waals surface area contributed by atoms with Crippen LogP contribution in [-0.2, 0) is 6.42 Å². The van der Waals surface area contributed by atoms with E-state index in [0.717, 1.165) is 18.0 Å². The molecule has 0 bridgehead atoms. The first-order valence-corrected chi connectivity index (χ1v) is 8.07. The number of hydrogen-bond acceptors (Lipinski definition) is 5. The molecule has 2 aromatic carbocycles. The Morgan fingerprint density at radius 2 is 1.88 bits per heavy atom. The van der Waals surface area contributed by atoms with E-state index in [1.54, 1.807) is 6.26 Å². The molecule has 0 spiro atoms. The Bertz CT molecular complexity index is 991. The van der Waals surface area contributed by atoms with Crippen molar-refractivity contribution in [2.24, 2.45) is 0 Å². The topological polar surface area (TPSA) is 65.0 Å². The average Bonchev–Trinajstić information content (AvgIpc) is 3.02. The zero-order valence-corrected chi connectivity index (χ0v) is 12.9. The molecule has 4 aromatic rings. The number of benzene rings is 2. The van der Waals surface area contributed by atoms with Crippen LogP contribution in [0.3, 0.4) is 0 Å². The summed E-state index contributed by atoms with van der Waals surface area (Å²) in [7, 11) is 0. The predicted molar refractivity (Wildman–Crippen MR) is 87.7 cm³/mol. The molecule has 1 aliphatic rings. The summed E-state index contributed by atoms with van der Waals surface area (Å²) in [6.45, 7) is 0. The third-order valence-corrected chi connectivity index (χ3v) is 4.62. The maximum Gasteiger partial charge on any atom is 0.230 e. The van der Waals surface area contributed by atoms with Gasteiger partial charge in [0.15, 0.2) is 5.82 Å². The maximum absolute atomic E-state index is 5.46. The van der Waals surface area contributed by atoms with E-state index in [1.165, 1.54) is 16.3 Å². The first-order chi connectivity index (χ1) is 11.9. The number of rotatable bonds is 4. The third kappa shape index (κ3) is 2.38. The van der Waals surface area contributed by atoms with Crippen LogP contribution in [0.1, 0.15) is 41.2 Å². The molecule has 5 heteroatoms. The lowest BCUT2D eigenvalue weighted by atomic mass is 10.0. The van der Waals surface area contributed by atoms with Crippen LogP contribution in [0.25, 0.3) is 10.8 Å². The molecule has 5 nitrogen and oxygen atoms in total. The van der Waals surface area contributed by atoms with Crippen molar-refractivity contribution >= 4 is 10.8 Å². The molecule has 0 radical (unpaired) electrons. The smallest absolute Gasteiger partial charge is 0.230 e. The molecule has 1 fully saturated rings. The highest BCUT2D eigenvalue weighted by atomic mass is 16.5. The van der Waals surface area contributed by atoms with Crippen molar-refractivity contribution in [3.05, 3.63) is 77.8 Å². The highest BCUT2D eigenvalue weighted by molar-refractivity contribution is 5.83. The van der Waals surface area contributed by atoms with Gasteiger partial charge in [-0.15, -0.1) is 0 Å². The van der Waals surface area contributed by atoms with Crippen molar-refractivity contribution in [3.63, 3.8) is 0 Å². The van der Waals surface area contributed by atoms with Gasteiger partial charge in [0.1, 0.15) is 6.26 Å². The Morgan fingerprint density at radius 1 is 0.958 bits per heavy atom. The second-order valence-electron chi connectivity index (χ2n) is 6.27. The van der Waals surface area contributed by atoms with Gasteiger partial charge >= 0.3 is 0 Å². The van der Waals surface area contributed by atoms with E-state index in [4.69, 9.17) is 9.05 Å². The molecule has 2 aromatic heterocycles. The van der Waals surface area contributed by atoms with Crippen LogP contribution in [0.2, 0.25) is 0 Å². The van der Waals surface area contributed by atoms with Gasteiger partial charge in [-0.25, -0.2) is 0 Å². The van der Waals surface area contributed by atoms with E-state index in [-0.39, 0.29) is 0 Å². The summed E-state index contributed by atoms with van der Waals surface area (Å²) < 4.78 is 10.3. The van der Waals surface area contributed by atoms with E-state index in [0.29, 0.717) is 24.1 Å². The normalized spacial score (nSPS) is 19.7. The second kappa shape index (κ2) is 5.30. The second-order valence-corrected chi connectivity index (χ2v) is 6.27. The summed E-state index contributed by atoms with van der Waals surface area (Å²) in [4.78, 5) is 4.53. The number of hydrogen-bond donors (Lipinski definition) is 0. The first-order valence-electron chi connectivity index (χ1n) is 8.07. The van der Waals surface area contributed by atoms with E-state index in [1.807, 2.05) is 6.07 Å². The maximum atomic E-state index is 5.46. The first kappa shape index (κ1) is 13.5. The highest BCUT2D eigenvalue weighted by Gasteiger charge is 2.43. The summed E-state index contributed by atoms with van der Waals surface area (Å²) in [6, 6.07) is 16.9. The lowest BCUT2D eigenvalue weighted by molar-refractivity contribution is 0.372. The molecule has 0 unspecified atom stereocenters. The fourth-order valence-electron chi connectivity index (χ4n) is 3.26. The minimum atomic E-state index is 0.324. The van der Waals surface area contributed by atoms with Crippen LogP contribution in [0.15, 0.2) is 63.8 Å². The molecular formula is C19H15N3O2. The molecule has 24 heavy (non-hydrogen) atoms. The molecule has 2 atom stereocenters. The van der Waals surface area contributed by atoms with Crippen molar-refractivity contribution < 1.29 is 9.05 Å². The van der Waals surface area contributed by atoms with Gasteiger partial charge in [-0.2, -0.15) is 4.98 Å². The van der Waals surface area contributed by atoms with E-state index in [9.17, 15) is 0 Å². The lowest BCUT2D eigenvalue weighted by Gasteiger charge is -2.02. The number of fused-ring (bicyclic) bond motifs is 1. The molecule has 118 valence electrons. The van der Waals surface area contributed by atoms with Crippen molar-refractivity contribution in [1.82, 2.24) is 15.3 Å². The Labute approximate surface area is 138 Å². The highest BCUT2D eigenvalue weighted by Crippen LogP contribution is 2.54. The minimum Gasteiger partial charge on any atom is -0.364 e. The molecule has 0 saturated heterocycles. The molecule has 0 aliphatic heterocycles. The summed E-state index contributed by atoms with van der Waals surface area (Å²) in [5.41, 5.74) is 2.15. The van der Waals surface area contributed by atoms with Gasteiger partial charge in [0.05, 0.1) is 12.1 Å². The van der Waals surface area contributed by atoms with Gasteiger partial charge in [0.25, 0.3) is 0 Å². The molecule has 5 rings (SSSR count). The van der Waals surface area contributed by atoms with Gasteiger partial charge in [-0.3, -0.25) is 0 Å². The Kier molecular flexibility index (Phi) is 2.98. The van der Waals surface area contributed by atoms with Crippen LogP contribution in [0.4, 0.5) is 0 Å². The minimum absolute atomic E-state index is 0.324. The number of aromatic nitrogens is 3. The van der Waals surface area contributed by atoms with Crippen molar-refractivity contribution in [2.45, 2.75) is 24.7 Å². The predicted octanol–water partition coefficient (Wildman–Crippen LogP) is 4.07. The molecule has 1 aliphatic carbocycles. The van der Waals surface area contributed by atoms with Gasteiger partial charge in [0.2, 0.25) is 5.89 Å². The summed E-state index contributed by atoms with van der Waals surface area (Å²) in [5, 5.41) is 10.5. The zero-order chi connectivity index (χ0) is 15.9. The molecule has 1 saturated carbocycles. The molecule has 0 N–H and O–H groups in total. The molecular weight excluding hydrogens is 302 g/mol. The lowest BCUT2D eigenvalue weighted by Crippen LogP contribution is -1.91. The third-order valence-electron chi connectivity index (χ3n) is 4.62. The van der Waals surface area contributed by atoms with Crippen LogP contribution in [0, 0.1) is 0 Å². The Morgan fingerprint density at radius 3 is 2.75 bits per heavy atom. The van der Waals surface area contributed by atoms with Crippen LogP contribution in [-0.4, -0.2) is 15.3 Å². The summed E-state index contributed by atoms with van der Waals surface area (Å²) in [5.74, 6) is 2.18. The van der Waals surface area contributed by atoms with Crippen molar-refractivity contribution in [3.8, 4) is 0 Å². The molecule has 2 heterocycles. The van der Waals surface area contributed by atoms with Crippen molar-refractivity contribution in [1.29, 1.82) is 0 Å². The largest absolute Gasteiger partial charge is 0.364 e. The van der Waals surface area contributed by atoms with Crippen LogP contribution >= 0.6 is 0 Å². The van der Waals surface area contributed by atoms with Gasteiger partial charge in [-0.1, -0.05) is 52.8 Å². The summed E-state index contributed by atoms with van der Waals surface area (Å²) in [6.07, 6.45) is 3.14. The average molecular weight is 317 g/mol. The Balaban J connectivity index is 1.35. The van der Waals surface area contributed by atoms with E-state index in [2.05, 4.69) is 57.8 Å². The fourth-order valence-corrected chi connectivity index (χ4v) is 3.26. The Hall–Kier alpha value is -2.95. The van der Waals surface area contributed by atoms with Gasteiger partial charge < -0.3 is 9.05 Å². The summed E-state index contributed by atoms with van der Waals surface area (Å²) >= 11 is 0. The zero-order valence-electron chi connectivity index (χ0n) is 12.9. The van der Waals surface area contributed by atoms with Crippen molar-refractivity contribution in [2.75, 3.05) is 0 Å². The quantitative estimate of drug-likeness (QED) is 0.567. The van der Waals surface area contributed by atoms with E-state index >= 15 is 0 Å². The number of nitrogens with zero attached hydrogens (tertiary/aromatic N) is 3.